The number of anilines is 1. The van der Waals surface area contributed by atoms with Crippen molar-refractivity contribution in [1.82, 2.24) is 15.6 Å². The van der Waals surface area contributed by atoms with Crippen molar-refractivity contribution in [2.45, 2.75) is 69.4 Å². The van der Waals surface area contributed by atoms with Crippen molar-refractivity contribution >= 4 is 40.8 Å². The number of rotatable bonds is 7. The number of fused-ring (bicyclic) bond motifs is 2. The van der Waals surface area contributed by atoms with E-state index in [9.17, 15) is 27.2 Å². The molecule has 2 saturated heterocycles. The molecule has 0 radical (unpaired) electrons. The minimum atomic E-state index is -4.49. The van der Waals surface area contributed by atoms with E-state index in [2.05, 4.69) is 15.2 Å². The smallest absolute Gasteiger partial charge is 0.405 e. The topological polar surface area (TPSA) is 83.6 Å². The van der Waals surface area contributed by atoms with Gasteiger partial charge in [0.15, 0.2) is 5.60 Å². The third-order valence-electron chi connectivity index (χ3n) is 6.70. The van der Waals surface area contributed by atoms with Crippen molar-refractivity contribution in [3.05, 3.63) is 51.9 Å². The molecule has 1 aromatic heterocycles. The van der Waals surface area contributed by atoms with Crippen LogP contribution in [0.15, 0.2) is 30.5 Å². The van der Waals surface area contributed by atoms with Crippen LogP contribution >= 0.6 is 23.2 Å². The summed E-state index contributed by atoms with van der Waals surface area (Å²) in [5, 5.41) is 4.47. The summed E-state index contributed by atoms with van der Waals surface area (Å²) in [6.07, 6.45) is -0.160. The molecular weight excluding hydrogens is 551 g/mol. The molecule has 2 bridgehead atoms. The van der Waals surface area contributed by atoms with Crippen LogP contribution in [0.4, 0.5) is 23.4 Å². The summed E-state index contributed by atoms with van der Waals surface area (Å²) in [6, 6.07) is 5.56. The molecule has 38 heavy (non-hydrogen) atoms. The summed E-state index contributed by atoms with van der Waals surface area (Å²) in [7, 11) is 0. The standard InChI is InChI=1S/C25H26Cl2F4N4O3/c1-24(2,38-18-7-6-17(28)20(26)21(18)27)23(37)34-14-9-15-4-5-16(10-14)35(15)19-8-3-13(11-32-19)22(36)33-12-25(29,30)31/h3,6-8,11,14-16H,4-5,9-10,12H2,1-2H3,(H,33,36)(H,34,37)/t14-,15+,16-. The summed E-state index contributed by atoms with van der Waals surface area (Å²) < 4.78 is 56.5. The summed E-state index contributed by atoms with van der Waals surface area (Å²) in [5.74, 6) is -1.18. The average molecular weight is 577 g/mol. The third kappa shape index (κ3) is 6.26. The molecule has 0 saturated carbocycles. The zero-order valence-corrected chi connectivity index (χ0v) is 22.1. The van der Waals surface area contributed by atoms with Crippen LogP contribution in [0.5, 0.6) is 5.75 Å². The molecule has 1 aromatic carbocycles. The Labute approximate surface area is 226 Å². The van der Waals surface area contributed by atoms with E-state index in [0.717, 1.165) is 18.9 Å². The zero-order chi connectivity index (χ0) is 27.8. The number of amides is 2. The van der Waals surface area contributed by atoms with Gasteiger partial charge >= 0.3 is 6.18 Å². The molecule has 3 heterocycles. The minimum Gasteiger partial charge on any atom is -0.476 e. The molecule has 2 amide bonds. The molecule has 13 heteroatoms. The van der Waals surface area contributed by atoms with Gasteiger partial charge < -0.3 is 20.3 Å². The van der Waals surface area contributed by atoms with Gasteiger partial charge in [-0.05, 0) is 63.8 Å². The number of carbonyl (C=O) groups is 2. The van der Waals surface area contributed by atoms with Gasteiger partial charge in [-0.25, -0.2) is 9.37 Å². The van der Waals surface area contributed by atoms with Crippen molar-refractivity contribution in [1.29, 1.82) is 0 Å². The predicted octanol–water partition coefficient (Wildman–Crippen LogP) is 5.29. The number of ether oxygens (including phenoxy) is 1. The van der Waals surface area contributed by atoms with Crippen LogP contribution in [-0.2, 0) is 4.79 Å². The van der Waals surface area contributed by atoms with E-state index < -0.39 is 30.0 Å². The van der Waals surface area contributed by atoms with E-state index >= 15 is 0 Å². The average Bonchev–Trinajstić information content (AvgIpc) is 3.12. The highest BCUT2D eigenvalue weighted by molar-refractivity contribution is 6.43. The molecule has 2 aromatic rings. The fourth-order valence-corrected chi connectivity index (χ4v) is 5.24. The van der Waals surface area contributed by atoms with Gasteiger partial charge in [0.25, 0.3) is 11.8 Å². The summed E-state index contributed by atoms with van der Waals surface area (Å²) >= 11 is 11.9. The number of nitrogens with one attached hydrogen (secondary N) is 2. The molecule has 7 nitrogen and oxygen atoms in total. The first kappa shape index (κ1) is 28.2. The van der Waals surface area contributed by atoms with Crippen LogP contribution in [0, 0.1) is 5.82 Å². The number of hydrogen-bond donors (Lipinski definition) is 2. The second-order valence-corrected chi connectivity index (χ2v) is 10.7. The Morgan fingerprint density at radius 3 is 2.32 bits per heavy atom. The lowest BCUT2D eigenvalue weighted by Crippen LogP contribution is -2.55. The second kappa shape index (κ2) is 10.8. The molecule has 2 fully saturated rings. The molecule has 2 N–H and O–H groups in total. The highest BCUT2D eigenvalue weighted by atomic mass is 35.5. The second-order valence-electron chi connectivity index (χ2n) is 9.92. The summed E-state index contributed by atoms with van der Waals surface area (Å²) in [6.45, 7) is 1.75. The van der Waals surface area contributed by atoms with Gasteiger partial charge in [-0.2, -0.15) is 13.2 Å². The lowest BCUT2D eigenvalue weighted by Gasteiger charge is -2.40. The molecule has 0 spiro atoms. The number of piperidine rings is 1. The highest BCUT2D eigenvalue weighted by Gasteiger charge is 2.43. The Hall–Kier alpha value is -2.79. The van der Waals surface area contributed by atoms with Crippen LogP contribution in [0.25, 0.3) is 0 Å². The van der Waals surface area contributed by atoms with E-state index in [1.807, 2.05) is 5.32 Å². The molecule has 2 aliphatic rings. The van der Waals surface area contributed by atoms with Crippen molar-refractivity contribution in [2.24, 2.45) is 0 Å². The first-order valence-corrected chi connectivity index (χ1v) is 12.7. The lowest BCUT2D eigenvalue weighted by molar-refractivity contribution is -0.135. The van der Waals surface area contributed by atoms with E-state index in [1.54, 1.807) is 19.9 Å². The molecule has 206 valence electrons. The third-order valence-corrected chi connectivity index (χ3v) is 7.55. The van der Waals surface area contributed by atoms with Gasteiger partial charge in [-0.1, -0.05) is 23.2 Å². The fraction of sp³-hybridized carbons (Fsp3) is 0.480. The number of halogens is 6. The molecule has 2 aliphatic heterocycles. The molecule has 4 rings (SSSR count). The molecule has 0 aliphatic carbocycles. The van der Waals surface area contributed by atoms with Gasteiger partial charge in [0.1, 0.15) is 29.0 Å². The Kier molecular flexibility index (Phi) is 7.99. The largest absolute Gasteiger partial charge is 0.476 e. The van der Waals surface area contributed by atoms with E-state index in [4.69, 9.17) is 27.9 Å². The van der Waals surface area contributed by atoms with Gasteiger partial charge in [-0.15, -0.1) is 0 Å². The summed E-state index contributed by atoms with van der Waals surface area (Å²) in [4.78, 5) is 31.5. The quantitative estimate of drug-likeness (QED) is 0.345. The first-order valence-electron chi connectivity index (χ1n) is 12.0. The molecular formula is C25H26Cl2F4N4O3. The van der Waals surface area contributed by atoms with Crippen LogP contribution in [0.2, 0.25) is 10.0 Å². The number of nitrogens with zero attached hydrogens (tertiary/aromatic N) is 2. The first-order chi connectivity index (χ1) is 17.7. The van der Waals surface area contributed by atoms with E-state index in [0.29, 0.717) is 18.7 Å². The molecule has 3 atom stereocenters. The number of hydrogen-bond acceptors (Lipinski definition) is 5. The number of carbonyl (C=O) groups excluding carboxylic acids is 2. The Morgan fingerprint density at radius 1 is 1.08 bits per heavy atom. The van der Waals surface area contributed by atoms with E-state index in [1.165, 1.54) is 18.3 Å². The molecule has 0 unspecified atom stereocenters. The maximum Gasteiger partial charge on any atom is 0.405 e. The van der Waals surface area contributed by atoms with E-state index in [-0.39, 0.29) is 45.4 Å². The maximum atomic E-state index is 13.6. The van der Waals surface area contributed by atoms with Gasteiger partial charge in [0.2, 0.25) is 0 Å². The van der Waals surface area contributed by atoms with Crippen molar-refractivity contribution < 1.29 is 31.9 Å². The van der Waals surface area contributed by atoms with Gasteiger partial charge in [0.05, 0.1) is 10.6 Å². The number of benzene rings is 1. The fourth-order valence-electron chi connectivity index (χ4n) is 4.89. The Bertz CT molecular complexity index is 1200. The maximum absolute atomic E-state index is 13.6. The summed E-state index contributed by atoms with van der Waals surface area (Å²) in [5.41, 5.74) is -1.28. The SMILES string of the molecule is CC(C)(Oc1ccc(F)c(Cl)c1Cl)C(=O)N[C@H]1C[C@H]2CC[C@@H](C1)N2c1ccc(C(=O)NCC(F)(F)F)cn1. The van der Waals surface area contributed by atoms with Crippen molar-refractivity contribution in [3.63, 3.8) is 0 Å². The van der Waals surface area contributed by atoms with Crippen LogP contribution < -0.4 is 20.3 Å². The predicted molar refractivity (Wildman–Crippen MR) is 134 cm³/mol. The Morgan fingerprint density at radius 2 is 1.74 bits per heavy atom. The normalized spacial score (nSPS) is 21.3. The number of pyridine rings is 1. The highest BCUT2D eigenvalue weighted by Crippen LogP contribution is 2.39. The minimum absolute atomic E-state index is 0.0391. The zero-order valence-electron chi connectivity index (χ0n) is 20.5. The Balaban J connectivity index is 1.36. The van der Waals surface area contributed by atoms with Crippen molar-refractivity contribution in [3.8, 4) is 5.75 Å². The van der Waals surface area contributed by atoms with Crippen molar-refractivity contribution in [2.75, 3.05) is 11.4 Å². The van der Waals surface area contributed by atoms with Gasteiger partial charge in [0, 0.05) is 24.3 Å². The van der Waals surface area contributed by atoms with Gasteiger partial charge in [-0.3, -0.25) is 9.59 Å². The van der Waals surface area contributed by atoms with Crippen LogP contribution in [0.3, 0.4) is 0 Å². The van der Waals surface area contributed by atoms with Crippen LogP contribution in [0.1, 0.15) is 49.9 Å². The lowest BCUT2D eigenvalue weighted by atomic mass is 9.96. The number of aromatic nitrogens is 1. The monoisotopic (exact) mass is 576 g/mol. The number of alkyl halides is 3. The van der Waals surface area contributed by atoms with Crippen LogP contribution in [-0.4, -0.2) is 53.2 Å².